The molecule has 1 heterocycles. The van der Waals surface area contributed by atoms with Crippen LogP contribution in [0.15, 0.2) is 60.8 Å². The highest BCUT2D eigenvalue weighted by molar-refractivity contribution is 5.89. The van der Waals surface area contributed by atoms with Gasteiger partial charge >= 0.3 is 6.03 Å². The first kappa shape index (κ1) is 16.6. The summed E-state index contributed by atoms with van der Waals surface area (Å²) in [5, 5.41) is 5.59. The van der Waals surface area contributed by atoms with Gasteiger partial charge in [0.25, 0.3) is 0 Å². The van der Waals surface area contributed by atoms with E-state index in [0.29, 0.717) is 24.4 Å². The molecule has 0 radical (unpaired) electrons. The Morgan fingerprint density at radius 2 is 2.00 bits per heavy atom. The van der Waals surface area contributed by atoms with Crippen molar-refractivity contribution in [1.29, 1.82) is 0 Å². The molecule has 2 amide bonds. The first-order valence-corrected chi connectivity index (χ1v) is 8.03. The van der Waals surface area contributed by atoms with Gasteiger partial charge in [-0.2, -0.15) is 0 Å². The number of aromatic nitrogens is 2. The highest BCUT2D eigenvalue weighted by Crippen LogP contribution is 2.17. The first-order valence-electron chi connectivity index (χ1n) is 8.03. The van der Waals surface area contributed by atoms with Crippen molar-refractivity contribution in [2.24, 2.45) is 0 Å². The summed E-state index contributed by atoms with van der Waals surface area (Å²) < 4.78 is 5.13. The monoisotopic (exact) mass is 336 g/mol. The summed E-state index contributed by atoms with van der Waals surface area (Å²) in [5.41, 5.74) is 2.74. The van der Waals surface area contributed by atoms with Crippen LogP contribution in [-0.2, 0) is 6.42 Å². The van der Waals surface area contributed by atoms with Crippen molar-refractivity contribution >= 4 is 11.7 Å². The summed E-state index contributed by atoms with van der Waals surface area (Å²) in [6.07, 6.45) is 2.43. The van der Waals surface area contributed by atoms with Crippen LogP contribution < -0.4 is 15.4 Å². The molecule has 1 aromatic heterocycles. The zero-order valence-corrected chi connectivity index (χ0v) is 14.0. The number of imidazole rings is 1. The van der Waals surface area contributed by atoms with E-state index in [1.165, 1.54) is 0 Å². The molecule has 0 fully saturated rings. The predicted octanol–water partition coefficient (Wildman–Crippen LogP) is 3.45. The van der Waals surface area contributed by atoms with Gasteiger partial charge in [0.1, 0.15) is 11.6 Å². The number of amides is 2. The maximum atomic E-state index is 11.9. The minimum absolute atomic E-state index is 0.261. The molecule has 3 aromatic rings. The van der Waals surface area contributed by atoms with E-state index in [1.807, 2.05) is 42.5 Å². The maximum absolute atomic E-state index is 11.9. The Morgan fingerprint density at radius 3 is 2.80 bits per heavy atom. The van der Waals surface area contributed by atoms with Crippen molar-refractivity contribution < 1.29 is 9.53 Å². The summed E-state index contributed by atoms with van der Waals surface area (Å²) in [6, 6.07) is 17.0. The number of carbonyl (C=O) groups excluding carboxylic acids is 1. The van der Waals surface area contributed by atoms with Crippen molar-refractivity contribution in [3.63, 3.8) is 0 Å². The van der Waals surface area contributed by atoms with Crippen molar-refractivity contribution in [1.82, 2.24) is 15.3 Å². The summed E-state index contributed by atoms with van der Waals surface area (Å²) in [5.74, 6) is 1.53. The summed E-state index contributed by atoms with van der Waals surface area (Å²) in [7, 11) is 1.59. The third-order valence-electron chi connectivity index (χ3n) is 3.69. The molecule has 0 saturated carbocycles. The molecule has 0 unspecified atom stereocenters. The molecule has 0 spiro atoms. The van der Waals surface area contributed by atoms with Gasteiger partial charge in [0, 0.05) is 24.7 Å². The molecule has 25 heavy (non-hydrogen) atoms. The van der Waals surface area contributed by atoms with Crippen LogP contribution in [0.3, 0.4) is 0 Å². The molecule has 3 rings (SSSR count). The SMILES string of the molecule is COc1cccc(NC(=O)NCCc2ncc(-c3ccccc3)[nH]2)c1. The molecular formula is C19H20N4O2. The van der Waals surface area contributed by atoms with Crippen molar-refractivity contribution in [2.75, 3.05) is 19.0 Å². The van der Waals surface area contributed by atoms with Gasteiger partial charge in [-0.25, -0.2) is 9.78 Å². The highest BCUT2D eigenvalue weighted by Gasteiger charge is 2.05. The lowest BCUT2D eigenvalue weighted by atomic mass is 10.2. The number of H-pyrrole nitrogens is 1. The van der Waals surface area contributed by atoms with Crippen LogP contribution in [0.25, 0.3) is 11.3 Å². The summed E-state index contributed by atoms with van der Waals surface area (Å²) in [6.45, 7) is 0.484. The first-order chi connectivity index (χ1) is 12.2. The topological polar surface area (TPSA) is 79.0 Å². The average molecular weight is 336 g/mol. The second kappa shape index (κ2) is 8.01. The molecule has 0 aliphatic carbocycles. The number of carbonyl (C=O) groups is 1. The largest absolute Gasteiger partial charge is 0.497 e. The van der Waals surface area contributed by atoms with Gasteiger partial charge in [0.05, 0.1) is 19.0 Å². The Kier molecular flexibility index (Phi) is 5.31. The second-order valence-electron chi connectivity index (χ2n) is 5.47. The molecular weight excluding hydrogens is 316 g/mol. The molecule has 3 N–H and O–H groups in total. The number of methoxy groups -OCH3 is 1. The molecule has 0 aliphatic rings. The van der Waals surface area contributed by atoms with Crippen LogP contribution in [0, 0.1) is 0 Å². The fourth-order valence-electron chi connectivity index (χ4n) is 2.42. The fourth-order valence-corrected chi connectivity index (χ4v) is 2.42. The second-order valence-corrected chi connectivity index (χ2v) is 5.47. The smallest absolute Gasteiger partial charge is 0.319 e. The van der Waals surface area contributed by atoms with Crippen molar-refractivity contribution in [2.45, 2.75) is 6.42 Å². The van der Waals surface area contributed by atoms with Gasteiger partial charge in [-0.3, -0.25) is 0 Å². The standard InChI is InChI=1S/C19H20N4O2/c1-25-16-9-5-8-15(12-16)22-19(24)20-11-10-18-21-13-17(23-18)14-6-3-2-4-7-14/h2-9,12-13H,10-11H2,1H3,(H,21,23)(H2,20,22,24). The molecule has 6 heteroatoms. The Morgan fingerprint density at radius 1 is 1.16 bits per heavy atom. The zero-order valence-electron chi connectivity index (χ0n) is 14.0. The summed E-state index contributed by atoms with van der Waals surface area (Å²) >= 11 is 0. The van der Waals surface area contributed by atoms with Gasteiger partial charge in [0.2, 0.25) is 0 Å². The fraction of sp³-hybridized carbons (Fsp3) is 0.158. The third kappa shape index (κ3) is 4.60. The van der Waals surface area contributed by atoms with E-state index in [9.17, 15) is 4.79 Å². The number of nitrogens with zero attached hydrogens (tertiary/aromatic N) is 1. The number of nitrogens with one attached hydrogen (secondary N) is 3. The van der Waals surface area contributed by atoms with Gasteiger partial charge in [-0.15, -0.1) is 0 Å². The maximum Gasteiger partial charge on any atom is 0.319 e. The van der Waals surface area contributed by atoms with Gasteiger partial charge in [-0.05, 0) is 17.7 Å². The molecule has 0 atom stereocenters. The third-order valence-corrected chi connectivity index (χ3v) is 3.69. The van der Waals surface area contributed by atoms with E-state index in [2.05, 4.69) is 20.6 Å². The number of rotatable bonds is 6. The lowest BCUT2D eigenvalue weighted by molar-refractivity contribution is 0.252. The Labute approximate surface area is 146 Å². The highest BCUT2D eigenvalue weighted by atomic mass is 16.5. The lowest BCUT2D eigenvalue weighted by Crippen LogP contribution is -2.30. The molecule has 2 aromatic carbocycles. The van der Waals surface area contributed by atoms with Gasteiger partial charge in [0.15, 0.2) is 0 Å². The normalized spacial score (nSPS) is 10.3. The number of aromatic amines is 1. The molecule has 0 bridgehead atoms. The van der Waals surface area contributed by atoms with E-state index < -0.39 is 0 Å². The Balaban J connectivity index is 1.48. The van der Waals surface area contributed by atoms with E-state index in [1.54, 1.807) is 25.4 Å². The van der Waals surface area contributed by atoms with E-state index >= 15 is 0 Å². The van der Waals surface area contributed by atoms with Crippen molar-refractivity contribution in [3.8, 4) is 17.0 Å². The Bertz CT molecular complexity index is 830. The average Bonchev–Trinajstić information content (AvgIpc) is 3.11. The van der Waals surface area contributed by atoms with E-state index in [-0.39, 0.29) is 6.03 Å². The van der Waals surface area contributed by atoms with E-state index in [4.69, 9.17) is 4.74 Å². The van der Waals surface area contributed by atoms with Crippen LogP contribution in [0.5, 0.6) is 5.75 Å². The van der Waals surface area contributed by atoms with Gasteiger partial charge in [-0.1, -0.05) is 36.4 Å². The minimum Gasteiger partial charge on any atom is -0.497 e. The number of ether oxygens (including phenoxy) is 1. The van der Waals surface area contributed by atoms with Crippen LogP contribution in [0.2, 0.25) is 0 Å². The number of hydrogen-bond acceptors (Lipinski definition) is 3. The molecule has 6 nitrogen and oxygen atoms in total. The molecule has 0 saturated heterocycles. The number of anilines is 1. The van der Waals surface area contributed by atoms with Crippen LogP contribution >= 0.6 is 0 Å². The van der Waals surface area contributed by atoms with Gasteiger partial charge < -0.3 is 20.4 Å². The number of urea groups is 1. The van der Waals surface area contributed by atoms with Crippen molar-refractivity contribution in [3.05, 3.63) is 66.6 Å². The van der Waals surface area contributed by atoms with Crippen LogP contribution in [0.1, 0.15) is 5.82 Å². The quantitative estimate of drug-likeness (QED) is 0.645. The van der Waals surface area contributed by atoms with E-state index in [0.717, 1.165) is 17.1 Å². The lowest BCUT2D eigenvalue weighted by Gasteiger charge is -2.08. The van der Waals surface area contributed by atoms with Crippen LogP contribution in [-0.4, -0.2) is 29.7 Å². The molecule has 128 valence electrons. The number of benzene rings is 2. The van der Waals surface area contributed by atoms with Crippen LogP contribution in [0.4, 0.5) is 10.5 Å². The molecule has 0 aliphatic heterocycles. The number of hydrogen-bond donors (Lipinski definition) is 3. The zero-order chi connectivity index (χ0) is 17.5. The minimum atomic E-state index is -0.261. The predicted molar refractivity (Wildman–Crippen MR) is 97.7 cm³/mol. The Hall–Kier alpha value is -3.28. The summed E-state index contributed by atoms with van der Waals surface area (Å²) in [4.78, 5) is 19.6.